The zero-order chi connectivity index (χ0) is 17.8. The first-order valence-electron chi connectivity index (χ1n) is 8.55. The van der Waals surface area contributed by atoms with Crippen LogP contribution in [0.5, 0.6) is 0 Å². The zero-order valence-corrected chi connectivity index (χ0v) is 14.2. The Labute approximate surface area is 146 Å². The summed E-state index contributed by atoms with van der Waals surface area (Å²) in [6.45, 7) is 2.61. The van der Waals surface area contributed by atoms with Crippen molar-refractivity contribution in [2.45, 2.75) is 32.2 Å². The summed E-state index contributed by atoms with van der Waals surface area (Å²) in [7, 11) is 0. The SMILES string of the molecule is CCc1ccc(NC(=O)[C@@H]2CCCN2C(=O)c2ccc(F)cc2)cc1. The average molecular weight is 340 g/mol. The summed E-state index contributed by atoms with van der Waals surface area (Å²) in [5, 5.41) is 2.89. The van der Waals surface area contributed by atoms with Crippen LogP contribution in [0.4, 0.5) is 10.1 Å². The summed E-state index contributed by atoms with van der Waals surface area (Å²) in [5.41, 5.74) is 2.32. The number of hydrogen-bond acceptors (Lipinski definition) is 2. The molecule has 1 saturated heterocycles. The first-order valence-corrected chi connectivity index (χ1v) is 8.55. The fraction of sp³-hybridized carbons (Fsp3) is 0.300. The van der Waals surface area contributed by atoms with Gasteiger partial charge in [-0.15, -0.1) is 0 Å². The Morgan fingerprint density at radius 3 is 2.44 bits per heavy atom. The van der Waals surface area contributed by atoms with Gasteiger partial charge in [-0.2, -0.15) is 0 Å². The lowest BCUT2D eigenvalue weighted by molar-refractivity contribution is -0.119. The molecular formula is C20H21FN2O2. The summed E-state index contributed by atoms with van der Waals surface area (Å²) in [5.74, 6) is -0.806. The van der Waals surface area contributed by atoms with Gasteiger partial charge in [-0.3, -0.25) is 9.59 Å². The van der Waals surface area contributed by atoms with Crippen molar-refractivity contribution in [2.24, 2.45) is 0 Å². The van der Waals surface area contributed by atoms with Crippen molar-refractivity contribution in [3.8, 4) is 0 Å². The van der Waals surface area contributed by atoms with E-state index in [1.165, 1.54) is 29.8 Å². The Bertz CT molecular complexity index is 756. The van der Waals surface area contributed by atoms with E-state index < -0.39 is 6.04 Å². The number of nitrogens with one attached hydrogen (secondary N) is 1. The summed E-state index contributed by atoms with van der Waals surface area (Å²) >= 11 is 0. The molecule has 0 unspecified atom stereocenters. The van der Waals surface area contributed by atoms with Crippen LogP contribution in [0.1, 0.15) is 35.7 Å². The van der Waals surface area contributed by atoms with Gasteiger partial charge in [0.2, 0.25) is 5.91 Å². The Balaban J connectivity index is 1.70. The second-order valence-electron chi connectivity index (χ2n) is 6.20. The van der Waals surface area contributed by atoms with Gasteiger partial charge < -0.3 is 10.2 Å². The number of halogens is 1. The Morgan fingerprint density at radius 2 is 1.80 bits per heavy atom. The number of carbonyl (C=O) groups is 2. The predicted octanol–water partition coefficient (Wildman–Crippen LogP) is 3.63. The number of aryl methyl sites for hydroxylation is 1. The lowest BCUT2D eigenvalue weighted by atomic mass is 10.1. The van der Waals surface area contributed by atoms with Crippen molar-refractivity contribution in [1.82, 2.24) is 4.90 Å². The monoisotopic (exact) mass is 340 g/mol. The minimum absolute atomic E-state index is 0.183. The molecule has 5 heteroatoms. The van der Waals surface area contributed by atoms with Crippen LogP contribution in [0.3, 0.4) is 0 Å². The molecule has 2 amide bonds. The summed E-state index contributed by atoms with van der Waals surface area (Å²) < 4.78 is 13.0. The van der Waals surface area contributed by atoms with Crippen molar-refractivity contribution < 1.29 is 14.0 Å². The molecule has 0 bridgehead atoms. The minimum Gasteiger partial charge on any atom is -0.327 e. The number of nitrogens with zero attached hydrogens (tertiary/aromatic N) is 1. The third-order valence-corrected chi connectivity index (χ3v) is 4.54. The highest BCUT2D eigenvalue weighted by molar-refractivity contribution is 6.01. The summed E-state index contributed by atoms with van der Waals surface area (Å²) in [4.78, 5) is 26.8. The molecule has 130 valence electrons. The van der Waals surface area contributed by atoms with Crippen LogP contribution >= 0.6 is 0 Å². The second-order valence-corrected chi connectivity index (χ2v) is 6.20. The van der Waals surface area contributed by atoms with Gasteiger partial charge >= 0.3 is 0 Å². The molecule has 0 spiro atoms. The van der Waals surface area contributed by atoms with Crippen molar-refractivity contribution >= 4 is 17.5 Å². The fourth-order valence-electron chi connectivity index (χ4n) is 3.09. The highest BCUT2D eigenvalue weighted by atomic mass is 19.1. The van der Waals surface area contributed by atoms with E-state index in [9.17, 15) is 14.0 Å². The molecule has 25 heavy (non-hydrogen) atoms. The first kappa shape index (κ1) is 17.1. The second kappa shape index (κ2) is 7.47. The van der Waals surface area contributed by atoms with Crippen LogP contribution in [0, 0.1) is 5.82 Å². The average Bonchev–Trinajstić information content (AvgIpc) is 3.12. The van der Waals surface area contributed by atoms with Crippen LogP contribution in [-0.2, 0) is 11.2 Å². The maximum absolute atomic E-state index is 13.0. The molecule has 1 aliphatic heterocycles. The smallest absolute Gasteiger partial charge is 0.254 e. The Morgan fingerprint density at radius 1 is 1.12 bits per heavy atom. The fourth-order valence-corrected chi connectivity index (χ4v) is 3.09. The number of rotatable bonds is 4. The molecule has 0 radical (unpaired) electrons. The van der Waals surface area contributed by atoms with Gasteiger partial charge in [0.25, 0.3) is 5.91 Å². The third kappa shape index (κ3) is 3.87. The van der Waals surface area contributed by atoms with E-state index in [2.05, 4.69) is 12.2 Å². The zero-order valence-electron chi connectivity index (χ0n) is 14.2. The maximum atomic E-state index is 13.0. The largest absolute Gasteiger partial charge is 0.327 e. The number of amides is 2. The Hall–Kier alpha value is -2.69. The number of benzene rings is 2. The van der Waals surface area contributed by atoms with E-state index >= 15 is 0 Å². The quantitative estimate of drug-likeness (QED) is 0.924. The van der Waals surface area contributed by atoms with E-state index in [-0.39, 0.29) is 17.6 Å². The molecule has 1 fully saturated rings. The molecule has 1 N–H and O–H groups in total. The molecular weight excluding hydrogens is 319 g/mol. The van der Waals surface area contributed by atoms with Crippen molar-refractivity contribution in [3.05, 3.63) is 65.5 Å². The van der Waals surface area contributed by atoms with E-state index in [4.69, 9.17) is 0 Å². The molecule has 1 aliphatic rings. The number of likely N-dealkylation sites (tertiary alicyclic amines) is 1. The Kier molecular flexibility index (Phi) is 5.12. The molecule has 0 aromatic heterocycles. The lowest BCUT2D eigenvalue weighted by Gasteiger charge is -2.24. The van der Waals surface area contributed by atoms with Gasteiger partial charge in [0.1, 0.15) is 11.9 Å². The third-order valence-electron chi connectivity index (χ3n) is 4.54. The van der Waals surface area contributed by atoms with Gasteiger partial charge in [-0.1, -0.05) is 19.1 Å². The van der Waals surface area contributed by atoms with E-state index in [1.807, 2.05) is 24.3 Å². The van der Waals surface area contributed by atoms with Crippen LogP contribution in [0.15, 0.2) is 48.5 Å². The van der Waals surface area contributed by atoms with E-state index in [1.54, 1.807) is 4.90 Å². The first-order chi connectivity index (χ1) is 12.1. The number of anilines is 1. The predicted molar refractivity (Wildman–Crippen MR) is 94.9 cm³/mol. The van der Waals surface area contributed by atoms with Gasteiger partial charge in [-0.25, -0.2) is 4.39 Å². The van der Waals surface area contributed by atoms with Crippen LogP contribution in [-0.4, -0.2) is 29.3 Å². The molecule has 0 aliphatic carbocycles. The van der Waals surface area contributed by atoms with Crippen LogP contribution < -0.4 is 5.32 Å². The van der Waals surface area contributed by atoms with Gasteiger partial charge in [0.05, 0.1) is 0 Å². The minimum atomic E-state index is -0.497. The summed E-state index contributed by atoms with van der Waals surface area (Å²) in [6.07, 6.45) is 2.35. The van der Waals surface area contributed by atoms with E-state index in [0.29, 0.717) is 18.5 Å². The highest BCUT2D eigenvalue weighted by Crippen LogP contribution is 2.22. The maximum Gasteiger partial charge on any atom is 0.254 e. The molecule has 1 atom stereocenters. The number of carbonyl (C=O) groups excluding carboxylic acids is 2. The molecule has 3 rings (SSSR count). The highest BCUT2D eigenvalue weighted by Gasteiger charge is 2.34. The standard InChI is InChI=1S/C20H21FN2O2/c1-2-14-5-11-17(12-6-14)22-19(24)18-4-3-13-23(18)20(25)15-7-9-16(21)10-8-15/h5-12,18H,2-4,13H2,1H3,(H,22,24)/t18-/m0/s1. The molecule has 0 saturated carbocycles. The molecule has 4 nitrogen and oxygen atoms in total. The molecule has 1 heterocycles. The van der Waals surface area contributed by atoms with Crippen molar-refractivity contribution in [2.75, 3.05) is 11.9 Å². The lowest BCUT2D eigenvalue weighted by Crippen LogP contribution is -2.43. The normalized spacial score (nSPS) is 16.7. The van der Waals surface area contributed by atoms with Crippen LogP contribution in [0.2, 0.25) is 0 Å². The van der Waals surface area contributed by atoms with Gasteiger partial charge in [0, 0.05) is 17.8 Å². The molecule has 2 aromatic carbocycles. The van der Waals surface area contributed by atoms with Crippen molar-refractivity contribution in [3.63, 3.8) is 0 Å². The summed E-state index contributed by atoms with van der Waals surface area (Å²) in [6, 6.07) is 12.6. The van der Waals surface area contributed by atoms with Gasteiger partial charge in [0.15, 0.2) is 0 Å². The van der Waals surface area contributed by atoms with Crippen molar-refractivity contribution in [1.29, 1.82) is 0 Å². The van der Waals surface area contributed by atoms with Crippen LogP contribution in [0.25, 0.3) is 0 Å². The van der Waals surface area contributed by atoms with E-state index in [0.717, 1.165) is 18.5 Å². The molecule has 2 aromatic rings. The number of hydrogen-bond donors (Lipinski definition) is 1. The topological polar surface area (TPSA) is 49.4 Å². The van der Waals surface area contributed by atoms with Gasteiger partial charge in [-0.05, 0) is 61.2 Å².